The van der Waals surface area contributed by atoms with Crippen LogP contribution in [0.3, 0.4) is 0 Å². The van der Waals surface area contributed by atoms with Gasteiger partial charge in [-0.15, -0.1) is 0 Å². The topological polar surface area (TPSA) is 91.3 Å². The summed E-state index contributed by atoms with van der Waals surface area (Å²) in [6.45, 7) is 6.29. The average molecular weight is 550 g/mol. The Morgan fingerprint density at radius 2 is 1.61 bits per heavy atom. The molecule has 0 saturated heterocycles. The number of nitrogens with zero attached hydrogens (tertiary/aromatic N) is 1. The molecule has 0 spiro atoms. The van der Waals surface area contributed by atoms with Crippen molar-refractivity contribution in [1.29, 1.82) is 0 Å². The second-order valence-electron chi connectivity index (χ2n) is 11.9. The van der Waals surface area contributed by atoms with E-state index in [1.54, 1.807) is 0 Å². The molecule has 212 valence electrons. The normalized spacial score (nSPS) is 15.7. The third kappa shape index (κ3) is 6.12. The van der Waals surface area contributed by atoms with E-state index in [1.807, 2.05) is 85.9 Å². The SMILES string of the molecule is Cc1ccc(C2(C(=O)NC(Cc3ccc(NC(C)(C)c4ccnc5ccccc45)cc3)C(=O)O)CCCCC2)cc1. The number of para-hydroxylation sites is 1. The number of aromatic nitrogens is 1. The minimum Gasteiger partial charge on any atom is -0.480 e. The van der Waals surface area contributed by atoms with Gasteiger partial charge in [-0.1, -0.05) is 79.4 Å². The van der Waals surface area contributed by atoms with E-state index in [1.165, 1.54) is 0 Å². The van der Waals surface area contributed by atoms with Crippen molar-refractivity contribution in [2.75, 3.05) is 5.32 Å². The Morgan fingerprint density at radius 3 is 2.29 bits per heavy atom. The molecule has 1 saturated carbocycles. The van der Waals surface area contributed by atoms with E-state index in [2.05, 4.69) is 35.5 Å². The van der Waals surface area contributed by atoms with E-state index in [9.17, 15) is 14.7 Å². The second-order valence-corrected chi connectivity index (χ2v) is 11.9. The van der Waals surface area contributed by atoms with Crippen molar-refractivity contribution in [2.45, 2.75) is 76.3 Å². The zero-order valence-corrected chi connectivity index (χ0v) is 24.1. The third-order valence-electron chi connectivity index (χ3n) is 8.52. The first-order valence-corrected chi connectivity index (χ1v) is 14.5. The summed E-state index contributed by atoms with van der Waals surface area (Å²) < 4.78 is 0. The van der Waals surface area contributed by atoms with Gasteiger partial charge in [0.25, 0.3) is 0 Å². The van der Waals surface area contributed by atoms with Crippen molar-refractivity contribution in [1.82, 2.24) is 10.3 Å². The molecule has 6 nitrogen and oxygen atoms in total. The number of carbonyl (C=O) groups is 2. The van der Waals surface area contributed by atoms with Gasteiger partial charge in [-0.05, 0) is 74.6 Å². The Hall–Kier alpha value is -4.19. The fraction of sp³-hybridized carbons (Fsp3) is 0.343. The van der Waals surface area contributed by atoms with Crippen LogP contribution in [0.15, 0.2) is 85.1 Å². The van der Waals surface area contributed by atoms with Gasteiger partial charge in [-0.25, -0.2) is 4.79 Å². The van der Waals surface area contributed by atoms with Crippen LogP contribution in [-0.2, 0) is 27.0 Å². The van der Waals surface area contributed by atoms with Crippen LogP contribution in [0.4, 0.5) is 5.69 Å². The van der Waals surface area contributed by atoms with Gasteiger partial charge in [-0.3, -0.25) is 9.78 Å². The van der Waals surface area contributed by atoms with Crippen molar-refractivity contribution < 1.29 is 14.7 Å². The molecule has 6 heteroatoms. The Kier molecular flexibility index (Phi) is 8.11. The lowest BCUT2D eigenvalue weighted by Gasteiger charge is -2.37. The number of hydrogen-bond donors (Lipinski definition) is 3. The maximum absolute atomic E-state index is 13.8. The van der Waals surface area contributed by atoms with Gasteiger partial charge < -0.3 is 15.7 Å². The number of anilines is 1. The summed E-state index contributed by atoms with van der Waals surface area (Å²) in [4.78, 5) is 30.5. The molecule has 5 rings (SSSR count). The highest BCUT2D eigenvalue weighted by atomic mass is 16.4. The number of carboxylic acid groups (broad SMARTS) is 1. The van der Waals surface area contributed by atoms with Crippen LogP contribution in [0.1, 0.15) is 68.2 Å². The van der Waals surface area contributed by atoms with Gasteiger partial charge >= 0.3 is 5.97 Å². The molecule has 0 bridgehead atoms. The van der Waals surface area contributed by atoms with Crippen LogP contribution in [0, 0.1) is 6.92 Å². The van der Waals surface area contributed by atoms with Crippen LogP contribution in [-0.4, -0.2) is 28.0 Å². The summed E-state index contributed by atoms with van der Waals surface area (Å²) in [5.41, 5.74) is 4.94. The molecule has 1 heterocycles. The summed E-state index contributed by atoms with van der Waals surface area (Å²) >= 11 is 0. The van der Waals surface area contributed by atoms with Gasteiger partial charge in [0.15, 0.2) is 0 Å². The van der Waals surface area contributed by atoms with Crippen LogP contribution >= 0.6 is 0 Å². The van der Waals surface area contributed by atoms with Gasteiger partial charge in [0.05, 0.1) is 16.5 Å². The van der Waals surface area contributed by atoms with Crippen molar-refractivity contribution in [3.63, 3.8) is 0 Å². The maximum atomic E-state index is 13.8. The molecule has 1 aromatic heterocycles. The maximum Gasteiger partial charge on any atom is 0.326 e. The molecule has 41 heavy (non-hydrogen) atoms. The molecule has 1 atom stereocenters. The molecule has 1 amide bonds. The Balaban J connectivity index is 1.30. The lowest BCUT2D eigenvalue weighted by Crippen LogP contribution is -2.52. The van der Waals surface area contributed by atoms with E-state index in [0.717, 1.165) is 70.9 Å². The first kappa shape index (κ1) is 28.3. The molecular formula is C35H39N3O3. The minimum atomic E-state index is -1.03. The van der Waals surface area contributed by atoms with Crippen LogP contribution < -0.4 is 10.6 Å². The predicted octanol–water partition coefficient (Wildman–Crippen LogP) is 6.90. The molecule has 3 N–H and O–H groups in total. The molecule has 0 radical (unpaired) electrons. The van der Waals surface area contributed by atoms with Gasteiger partial charge in [0, 0.05) is 23.7 Å². The number of carboxylic acids is 1. The molecule has 4 aromatic rings. The van der Waals surface area contributed by atoms with Gasteiger partial charge in [-0.2, -0.15) is 0 Å². The van der Waals surface area contributed by atoms with Crippen molar-refractivity contribution in [3.05, 3.63) is 107 Å². The first-order chi connectivity index (χ1) is 19.7. The zero-order valence-electron chi connectivity index (χ0n) is 24.1. The molecule has 1 aliphatic carbocycles. The number of rotatable bonds is 9. The first-order valence-electron chi connectivity index (χ1n) is 14.5. The zero-order chi connectivity index (χ0) is 29.0. The molecule has 1 fully saturated rings. The number of hydrogen-bond acceptors (Lipinski definition) is 4. The number of carbonyl (C=O) groups excluding carboxylic acids is 1. The van der Waals surface area contributed by atoms with Crippen LogP contribution in [0.25, 0.3) is 10.9 Å². The van der Waals surface area contributed by atoms with E-state index < -0.39 is 17.4 Å². The molecule has 3 aromatic carbocycles. The smallest absolute Gasteiger partial charge is 0.326 e. The number of aryl methyl sites for hydroxylation is 1. The quantitative estimate of drug-likeness (QED) is 0.211. The molecule has 1 aliphatic rings. The minimum absolute atomic E-state index is 0.182. The number of nitrogens with one attached hydrogen (secondary N) is 2. The number of amides is 1. The summed E-state index contributed by atoms with van der Waals surface area (Å²) in [5, 5.41) is 17.7. The van der Waals surface area contributed by atoms with Crippen molar-refractivity contribution >= 4 is 28.5 Å². The fourth-order valence-corrected chi connectivity index (χ4v) is 6.20. The van der Waals surface area contributed by atoms with E-state index >= 15 is 0 Å². The highest BCUT2D eigenvalue weighted by molar-refractivity contribution is 5.92. The standard InChI is InChI=1S/C35H39N3O3/c1-24-11-15-26(16-12-24)35(20-7-4-8-21-35)33(41)37-31(32(39)40)23-25-13-17-27(18-14-25)38-34(2,3)29-19-22-36-30-10-6-5-9-28(29)30/h5-6,9-19,22,31,38H,4,7-8,20-21,23H2,1-3H3,(H,37,41)(H,39,40). The second kappa shape index (κ2) is 11.7. The van der Waals surface area contributed by atoms with Crippen LogP contribution in [0.5, 0.6) is 0 Å². The van der Waals surface area contributed by atoms with Gasteiger partial charge in [0.1, 0.15) is 6.04 Å². The van der Waals surface area contributed by atoms with Gasteiger partial charge in [0.2, 0.25) is 5.91 Å². The predicted molar refractivity (Wildman–Crippen MR) is 164 cm³/mol. The number of benzene rings is 3. The Morgan fingerprint density at radius 1 is 0.927 bits per heavy atom. The monoisotopic (exact) mass is 549 g/mol. The fourth-order valence-electron chi connectivity index (χ4n) is 6.20. The Bertz CT molecular complexity index is 1520. The molecule has 1 unspecified atom stereocenters. The van der Waals surface area contributed by atoms with E-state index in [4.69, 9.17) is 0 Å². The summed E-state index contributed by atoms with van der Waals surface area (Å²) in [5.74, 6) is -1.21. The summed E-state index contributed by atoms with van der Waals surface area (Å²) in [6.07, 6.45) is 6.52. The molecular weight excluding hydrogens is 510 g/mol. The van der Waals surface area contributed by atoms with Crippen molar-refractivity contribution in [3.8, 4) is 0 Å². The lowest BCUT2D eigenvalue weighted by atomic mass is 9.68. The number of fused-ring (bicyclic) bond motifs is 1. The third-order valence-corrected chi connectivity index (χ3v) is 8.52. The van der Waals surface area contributed by atoms with E-state index in [-0.39, 0.29) is 17.9 Å². The number of aliphatic carboxylic acids is 1. The van der Waals surface area contributed by atoms with Crippen molar-refractivity contribution in [2.24, 2.45) is 0 Å². The van der Waals surface area contributed by atoms with E-state index in [0.29, 0.717) is 0 Å². The largest absolute Gasteiger partial charge is 0.480 e. The van der Waals surface area contributed by atoms with Crippen LogP contribution in [0.2, 0.25) is 0 Å². The highest BCUT2D eigenvalue weighted by Gasteiger charge is 2.42. The lowest BCUT2D eigenvalue weighted by molar-refractivity contribution is -0.143. The molecule has 0 aliphatic heterocycles. The average Bonchev–Trinajstić information content (AvgIpc) is 2.98. The highest BCUT2D eigenvalue weighted by Crippen LogP contribution is 2.40. The summed E-state index contributed by atoms with van der Waals surface area (Å²) in [7, 11) is 0. The Labute approximate surface area is 242 Å². The summed E-state index contributed by atoms with van der Waals surface area (Å²) in [6, 6.07) is 25.0. The number of pyridine rings is 1.